The van der Waals surface area contributed by atoms with Crippen LogP contribution in [0, 0.1) is 11.3 Å². The zero-order valence-corrected chi connectivity index (χ0v) is 8.66. The molecule has 1 rings (SSSR count). The molecule has 4 nitrogen and oxygen atoms in total. The van der Waals surface area contributed by atoms with E-state index in [1.54, 1.807) is 4.90 Å². The van der Waals surface area contributed by atoms with Crippen LogP contribution in [0.2, 0.25) is 0 Å². The minimum absolute atomic E-state index is 0.252. The Morgan fingerprint density at radius 3 is 2.57 bits per heavy atom. The fourth-order valence-corrected chi connectivity index (χ4v) is 1.36. The van der Waals surface area contributed by atoms with Gasteiger partial charge in [-0.05, 0) is 26.7 Å². The first-order valence-electron chi connectivity index (χ1n) is 4.87. The Labute approximate surface area is 84.1 Å². The third-order valence-electron chi connectivity index (χ3n) is 2.24. The standard InChI is InChI=1S/C10H16N2O2/c1-10(2,14)9(13)12(7-3-6-11)8-4-5-8/h8,14H,3-5,7H2,1-2H3. The maximum absolute atomic E-state index is 11.7. The van der Waals surface area contributed by atoms with Gasteiger partial charge >= 0.3 is 0 Å². The van der Waals surface area contributed by atoms with Crippen LogP contribution in [0.3, 0.4) is 0 Å². The summed E-state index contributed by atoms with van der Waals surface area (Å²) in [6.45, 7) is 3.40. The van der Waals surface area contributed by atoms with Gasteiger partial charge in [0.05, 0.1) is 12.5 Å². The first kappa shape index (κ1) is 11.0. The minimum atomic E-state index is -1.32. The van der Waals surface area contributed by atoms with Gasteiger partial charge in [-0.25, -0.2) is 0 Å². The van der Waals surface area contributed by atoms with Crippen LogP contribution >= 0.6 is 0 Å². The molecule has 1 fully saturated rings. The van der Waals surface area contributed by atoms with Gasteiger partial charge in [0.2, 0.25) is 0 Å². The molecule has 14 heavy (non-hydrogen) atoms. The van der Waals surface area contributed by atoms with Crippen LogP contribution in [0.5, 0.6) is 0 Å². The largest absolute Gasteiger partial charge is 0.381 e. The number of rotatable bonds is 4. The van der Waals surface area contributed by atoms with Gasteiger partial charge in [0, 0.05) is 12.6 Å². The molecule has 0 unspecified atom stereocenters. The number of amides is 1. The first-order valence-corrected chi connectivity index (χ1v) is 4.87. The molecule has 78 valence electrons. The van der Waals surface area contributed by atoms with Crippen LogP contribution in [0.15, 0.2) is 0 Å². The molecule has 0 aromatic heterocycles. The molecule has 0 saturated heterocycles. The van der Waals surface area contributed by atoms with E-state index in [4.69, 9.17) is 5.26 Å². The summed E-state index contributed by atoms with van der Waals surface area (Å²) in [5.74, 6) is -0.268. The zero-order valence-electron chi connectivity index (χ0n) is 8.66. The second kappa shape index (κ2) is 3.97. The Hall–Kier alpha value is -1.08. The van der Waals surface area contributed by atoms with Crippen molar-refractivity contribution in [1.29, 1.82) is 5.26 Å². The van der Waals surface area contributed by atoms with Gasteiger partial charge in [-0.1, -0.05) is 0 Å². The number of hydrogen-bond acceptors (Lipinski definition) is 3. The molecule has 1 amide bonds. The second-order valence-corrected chi connectivity index (χ2v) is 4.20. The topological polar surface area (TPSA) is 64.3 Å². The van der Waals surface area contributed by atoms with Crippen LogP contribution in [0.1, 0.15) is 33.1 Å². The Bertz CT molecular complexity index is 258. The van der Waals surface area contributed by atoms with Crippen molar-refractivity contribution in [2.45, 2.75) is 44.8 Å². The van der Waals surface area contributed by atoms with Gasteiger partial charge in [0.1, 0.15) is 5.60 Å². The highest BCUT2D eigenvalue weighted by molar-refractivity contribution is 5.84. The summed E-state index contributed by atoms with van der Waals surface area (Å²) in [6, 6.07) is 2.26. The number of carbonyl (C=O) groups excluding carboxylic acids is 1. The summed E-state index contributed by atoms with van der Waals surface area (Å²) in [7, 11) is 0. The molecule has 0 aromatic rings. The van der Waals surface area contributed by atoms with E-state index >= 15 is 0 Å². The van der Waals surface area contributed by atoms with Crippen LogP contribution in [0.25, 0.3) is 0 Å². The highest BCUT2D eigenvalue weighted by Crippen LogP contribution is 2.28. The third-order valence-corrected chi connectivity index (χ3v) is 2.24. The molecular formula is C10H16N2O2. The van der Waals surface area contributed by atoms with Crippen molar-refractivity contribution in [3.05, 3.63) is 0 Å². The average Bonchev–Trinajstić information content (AvgIpc) is 2.86. The van der Waals surface area contributed by atoms with E-state index in [0.29, 0.717) is 13.0 Å². The summed E-state index contributed by atoms with van der Waals surface area (Å²) in [6.07, 6.45) is 2.32. The predicted octanol–water partition coefficient (Wildman–Crippen LogP) is 0.662. The lowest BCUT2D eigenvalue weighted by atomic mass is 10.1. The van der Waals surface area contributed by atoms with Crippen molar-refractivity contribution in [2.75, 3.05) is 6.54 Å². The first-order chi connectivity index (χ1) is 6.46. The number of carbonyl (C=O) groups is 1. The van der Waals surface area contributed by atoms with Crippen LogP contribution < -0.4 is 0 Å². The van der Waals surface area contributed by atoms with Crippen molar-refractivity contribution in [3.8, 4) is 6.07 Å². The maximum atomic E-state index is 11.7. The van der Waals surface area contributed by atoms with Crippen molar-refractivity contribution in [3.63, 3.8) is 0 Å². The molecule has 0 bridgehead atoms. The maximum Gasteiger partial charge on any atom is 0.254 e. The highest BCUT2D eigenvalue weighted by atomic mass is 16.3. The van der Waals surface area contributed by atoms with Crippen LogP contribution in [-0.2, 0) is 4.79 Å². The SMILES string of the molecule is CC(C)(O)C(=O)N(CCC#N)C1CC1. The Morgan fingerprint density at radius 2 is 2.21 bits per heavy atom. The Morgan fingerprint density at radius 1 is 1.64 bits per heavy atom. The second-order valence-electron chi connectivity index (χ2n) is 4.20. The summed E-state index contributed by atoms with van der Waals surface area (Å²) < 4.78 is 0. The molecule has 1 aliphatic rings. The smallest absolute Gasteiger partial charge is 0.254 e. The molecule has 1 N–H and O–H groups in total. The molecule has 0 aromatic carbocycles. The number of hydrogen-bond donors (Lipinski definition) is 1. The highest BCUT2D eigenvalue weighted by Gasteiger charge is 2.38. The van der Waals surface area contributed by atoms with Gasteiger partial charge in [0.15, 0.2) is 0 Å². The lowest BCUT2D eigenvalue weighted by Crippen LogP contribution is -2.46. The predicted molar refractivity (Wildman–Crippen MR) is 51.3 cm³/mol. The van der Waals surface area contributed by atoms with Gasteiger partial charge in [-0.3, -0.25) is 4.79 Å². The van der Waals surface area contributed by atoms with Crippen molar-refractivity contribution in [2.24, 2.45) is 0 Å². The van der Waals surface area contributed by atoms with Crippen molar-refractivity contribution >= 4 is 5.91 Å². The van der Waals surface area contributed by atoms with E-state index in [1.807, 2.05) is 6.07 Å². The average molecular weight is 196 g/mol. The van der Waals surface area contributed by atoms with Crippen LogP contribution in [0.4, 0.5) is 0 Å². The molecule has 0 radical (unpaired) electrons. The van der Waals surface area contributed by atoms with E-state index in [-0.39, 0.29) is 11.9 Å². The summed E-state index contributed by atoms with van der Waals surface area (Å²) in [5, 5.41) is 18.0. The molecule has 4 heteroatoms. The lowest BCUT2D eigenvalue weighted by molar-refractivity contribution is -0.148. The van der Waals surface area contributed by atoms with Crippen molar-refractivity contribution in [1.82, 2.24) is 4.90 Å². The number of nitriles is 1. The molecule has 0 aliphatic heterocycles. The Balaban J connectivity index is 2.59. The summed E-state index contributed by atoms with van der Waals surface area (Å²) >= 11 is 0. The van der Waals surface area contributed by atoms with Gasteiger partial charge in [-0.2, -0.15) is 5.26 Å². The monoisotopic (exact) mass is 196 g/mol. The van der Waals surface area contributed by atoms with E-state index in [0.717, 1.165) is 12.8 Å². The minimum Gasteiger partial charge on any atom is -0.381 e. The normalized spacial score (nSPS) is 16.1. The van der Waals surface area contributed by atoms with Gasteiger partial charge < -0.3 is 10.0 Å². The van der Waals surface area contributed by atoms with Crippen molar-refractivity contribution < 1.29 is 9.90 Å². The fourth-order valence-electron chi connectivity index (χ4n) is 1.36. The Kier molecular flexibility index (Phi) is 3.12. The quantitative estimate of drug-likeness (QED) is 0.718. The van der Waals surface area contributed by atoms with E-state index < -0.39 is 5.60 Å². The van der Waals surface area contributed by atoms with Crippen LogP contribution in [-0.4, -0.2) is 34.1 Å². The molecular weight excluding hydrogens is 180 g/mol. The van der Waals surface area contributed by atoms with E-state index in [9.17, 15) is 9.90 Å². The summed E-state index contributed by atoms with van der Waals surface area (Å²) in [5.41, 5.74) is -1.32. The fraction of sp³-hybridized carbons (Fsp3) is 0.800. The van der Waals surface area contributed by atoms with Gasteiger partial charge in [-0.15, -0.1) is 0 Å². The van der Waals surface area contributed by atoms with E-state index in [2.05, 4.69) is 0 Å². The van der Waals surface area contributed by atoms with Gasteiger partial charge in [0.25, 0.3) is 5.91 Å². The third kappa shape index (κ3) is 2.71. The molecule has 1 aliphatic carbocycles. The number of aliphatic hydroxyl groups is 1. The molecule has 0 atom stereocenters. The number of nitrogens with zero attached hydrogens (tertiary/aromatic N) is 2. The summed E-state index contributed by atoms with van der Waals surface area (Å²) in [4.78, 5) is 13.3. The molecule has 0 heterocycles. The zero-order chi connectivity index (χ0) is 10.8. The van der Waals surface area contributed by atoms with E-state index in [1.165, 1.54) is 13.8 Å². The molecule has 1 saturated carbocycles. The lowest BCUT2D eigenvalue weighted by Gasteiger charge is -2.27. The molecule has 0 spiro atoms.